The molecule has 0 heterocycles. The molecule has 144 valence electrons. The van der Waals surface area contributed by atoms with Crippen LogP contribution in [0, 0.1) is 19.7 Å². The Bertz CT molecular complexity index is 788. The van der Waals surface area contributed by atoms with Crippen molar-refractivity contribution in [2.24, 2.45) is 0 Å². The van der Waals surface area contributed by atoms with Crippen LogP contribution in [0.25, 0.3) is 0 Å². The summed E-state index contributed by atoms with van der Waals surface area (Å²) in [5.41, 5.74) is 2.81. The number of amides is 2. The average Bonchev–Trinajstić information content (AvgIpc) is 2.58. The van der Waals surface area contributed by atoms with Crippen LogP contribution in [-0.4, -0.2) is 43.5 Å². The van der Waals surface area contributed by atoms with Crippen molar-refractivity contribution < 1.29 is 18.7 Å². The van der Waals surface area contributed by atoms with Crippen LogP contribution < -0.4 is 10.1 Å². The van der Waals surface area contributed by atoms with Gasteiger partial charge in [-0.3, -0.25) is 9.59 Å². The Labute approximate surface area is 159 Å². The van der Waals surface area contributed by atoms with Crippen molar-refractivity contribution in [2.45, 2.75) is 20.3 Å². The third kappa shape index (κ3) is 7.09. The molecular weight excluding hydrogens is 347 g/mol. The molecule has 0 aliphatic heterocycles. The number of aryl methyl sites for hydroxylation is 2. The van der Waals surface area contributed by atoms with Gasteiger partial charge in [0.25, 0.3) is 0 Å². The maximum Gasteiger partial charge on any atom is 0.241 e. The molecule has 2 aromatic rings. The number of carbonyl (C=O) groups is 2. The first-order chi connectivity index (χ1) is 12.8. The van der Waals surface area contributed by atoms with Gasteiger partial charge in [-0.05, 0) is 54.8 Å². The summed E-state index contributed by atoms with van der Waals surface area (Å²) in [5, 5.41) is 2.56. The molecule has 2 rings (SSSR count). The summed E-state index contributed by atoms with van der Waals surface area (Å²) in [6.45, 7) is 4.67. The Balaban J connectivity index is 1.71. The standard InChI is InChI=1S/C21H25FN2O3/c1-15-9-16(2)11-19(10-15)27-8-7-24(3)21(26)14-23-20(25)13-17-5-4-6-18(22)12-17/h4-6,9-12H,7-8,13-14H2,1-3H3,(H,23,25). The number of hydrogen-bond donors (Lipinski definition) is 1. The summed E-state index contributed by atoms with van der Waals surface area (Å²) in [6.07, 6.45) is 0.0323. The molecule has 0 aliphatic carbocycles. The summed E-state index contributed by atoms with van der Waals surface area (Å²) in [5.74, 6) is -0.155. The SMILES string of the molecule is Cc1cc(C)cc(OCCN(C)C(=O)CNC(=O)Cc2cccc(F)c2)c1. The van der Waals surface area contributed by atoms with Crippen molar-refractivity contribution in [3.05, 3.63) is 65.0 Å². The molecule has 0 fully saturated rings. The third-order valence-electron chi connectivity index (χ3n) is 4.01. The molecule has 2 aromatic carbocycles. The number of halogens is 1. The summed E-state index contributed by atoms with van der Waals surface area (Å²) in [6, 6.07) is 11.8. The molecule has 1 N–H and O–H groups in total. The fourth-order valence-corrected chi connectivity index (χ4v) is 2.65. The van der Waals surface area contributed by atoms with Gasteiger partial charge in [0.1, 0.15) is 18.2 Å². The molecule has 5 nitrogen and oxygen atoms in total. The van der Waals surface area contributed by atoms with Crippen LogP contribution in [0.5, 0.6) is 5.75 Å². The van der Waals surface area contributed by atoms with Gasteiger partial charge < -0.3 is 15.0 Å². The van der Waals surface area contributed by atoms with Gasteiger partial charge in [0.15, 0.2) is 0 Å². The minimum atomic E-state index is -0.389. The van der Waals surface area contributed by atoms with Crippen molar-refractivity contribution in [2.75, 3.05) is 26.7 Å². The van der Waals surface area contributed by atoms with Crippen molar-refractivity contribution in [3.8, 4) is 5.75 Å². The van der Waals surface area contributed by atoms with Crippen molar-refractivity contribution in [1.29, 1.82) is 0 Å². The lowest BCUT2D eigenvalue weighted by Crippen LogP contribution is -2.40. The number of nitrogens with zero attached hydrogens (tertiary/aromatic N) is 1. The summed E-state index contributed by atoms with van der Waals surface area (Å²) in [7, 11) is 1.66. The number of carbonyl (C=O) groups excluding carboxylic acids is 2. The van der Waals surface area contributed by atoms with Crippen molar-refractivity contribution in [1.82, 2.24) is 10.2 Å². The number of ether oxygens (including phenoxy) is 1. The second-order valence-corrected chi connectivity index (χ2v) is 6.57. The highest BCUT2D eigenvalue weighted by Gasteiger charge is 2.11. The van der Waals surface area contributed by atoms with Crippen LogP contribution in [0.4, 0.5) is 4.39 Å². The summed E-state index contributed by atoms with van der Waals surface area (Å²) >= 11 is 0. The number of benzene rings is 2. The minimum absolute atomic E-state index is 0.0323. The first-order valence-electron chi connectivity index (χ1n) is 8.79. The van der Waals surface area contributed by atoms with Gasteiger partial charge in [-0.15, -0.1) is 0 Å². The van der Waals surface area contributed by atoms with E-state index in [2.05, 4.69) is 11.4 Å². The first kappa shape index (κ1) is 20.4. The van der Waals surface area contributed by atoms with Gasteiger partial charge in [0.05, 0.1) is 19.5 Å². The Morgan fingerprint density at radius 3 is 2.48 bits per heavy atom. The Kier molecular flexibility index (Phi) is 7.34. The molecule has 6 heteroatoms. The number of hydrogen-bond acceptors (Lipinski definition) is 3. The monoisotopic (exact) mass is 372 g/mol. The van der Waals surface area contributed by atoms with E-state index < -0.39 is 0 Å². The Morgan fingerprint density at radius 1 is 1.11 bits per heavy atom. The lowest BCUT2D eigenvalue weighted by atomic mass is 10.1. The molecule has 0 saturated heterocycles. The van der Waals surface area contributed by atoms with E-state index in [0.29, 0.717) is 18.7 Å². The highest BCUT2D eigenvalue weighted by Crippen LogP contribution is 2.16. The van der Waals surface area contributed by atoms with Crippen LogP contribution in [0.2, 0.25) is 0 Å². The van der Waals surface area contributed by atoms with Crippen LogP contribution >= 0.6 is 0 Å². The number of rotatable bonds is 8. The zero-order valence-electron chi connectivity index (χ0n) is 15.9. The quantitative estimate of drug-likeness (QED) is 0.775. The van der Waals surface area contributed by atoms with Crippen LogP contribution in [0.15, 0.2) is 42.5 Å². The number of nitrogens with one attached hydrogen (secondary N) is 1. The van der Waals surface area contributed by atoms with Crippen molar-refractivity contribution >= 4 is 11.8 Å². The fraction of sp³-hybridized carbons (Fsp3) is 0.333. The topological polar surface area (TPSA) is 58.6 Å². The molecule has 27 heavy (non-hydrogen) atoms. The molecule has 0 unspecified atom stereocenters. The van der Waals surface area contributed by atoms with E-state index in [1.54, 1.807) is 19.2 Å². The molecule has 2 amide bonds. The van der Waals surface area contributed by atoms with Gasteiger partial charge in [-0.2, -0.15) is 0 Å². The maximum atomic E-state index is 13.1. The van der Waals surface area contributed by atoms with Gasteiger partial charge in [0.2, 0.25) is 11.8 Å². The van der Waals surface area contributed by atoms with Gasteiger partial charge in [-0.1, -0.05) is 18.2 Å². The third-order valence-corrected chi connectivity index (χ3v) is 4.01. The van der Waals surface area contributed by atoms with Crippen molar-refractivity contribution in [3.63, 3.8) is 0 Å². The predicted molar refractivity (Wildman–Crippen MR) is 102 cm³/mol. The predicted octanol–water partition coefficient (Wildman–Crippen LogP) is 2.64. The van der Waals surface area contributed by atoms with Gasteiger partial charge >= 0.3 is 0 Å². The molecule has 0 saturated carbocycles. The van der Waals surface area contributed by atoms with Gasteiger partial charge in [0, 0.05) is 7.05 Å². The van der Waals surface area contributed by atoms with Crippen LogP contribution in [0.1, 0.15) is 16.7 Å². The van der Waals surface area contributed by atoms with Crippen LogP contribution in [-0.2, 0) is 16.0 Å². The number of likely N-dealkylation sites (N-methyl/N-ethyl adjacent to an activating group) is 1. The van der Waals surface area contributed by atoms with E-state index in [-0.39, 0.29) is 30.6 Å². The molecule has 0 aliphatic rings. The van der Waals surface area contributed by atoms with E-state index in [4.69, 9.17) is 4.74 Å². The maximum absolute atomic E-state index is 13.1. The highest BCUT2D eigenvalue weighted by atomic mass is 19.1. The van der Waals surface area contributed by atoms with E-state index in [1.165, 1.54) is 17.0 Å². The van der Waals surface area contributed by atoms with Gasteiger partial charge in [-0.25, -0.2) is 4.39 Å². The normalized spacial score (nSPS) is 10.4. The largest absolute Gasteiger partial charge is 0.492 e. The van der Waals surface area contributed by atoms with E-state index in [9.17, 15) is 14.0 Å². The Morgan fingerprint density at radius 2 is 1.81 bits per heavy atom. The zero-order valence-corrected chi connectivity index (χ0v) is 15.9. The average molecular weight is 372 g/mol. The van der Waals surface area contributed by atoms with E-state index in [1.807, 2.05) is 26.0 Å². The minimum Gasteiger partial charge on any atom is -0.492 e. The molecule has 0 bridgehead atoms. The second kappa shape index (κ2) is 9.71. The lowest BCUT2D eigenvalue weighted by molar-refractivity contribution is -0.131. The Hall–Kier alpha value is -2.89. The van der Waals surface area contributed by atoms with E-state index in [0.717, 1.165) is 16.9 Å². The summed E-state index contributed by atoms with van der Waals surface area (Å²) < 4.78 is 18.8. The van der Waals surface area contributed by atoms with E-state index >= 15 is 0 Å². The first-order valence-corrected chi connectivity index (χ1v) is 8.79. The summed E-state index contributed by atoms with van der Waals surface area (Å²) in [4.78, 5) is 25.5. The zero-order chi connectivity index (χ0) is 19.8. The van der Waals surface area contributed by atoms with Crippen LogP contribution in [0.3, 0.4) is 0 Å². The molecule has 0 radical (unpaired) electrons. The lowest BCUT2D eigenvalue weighted by Gasteiger charge is -2.18. The smallest absolute Gasteiger partial charge is 0.241 e. The molecule has 0 aromatic heterocycles. The second-order valence-electron chi connectivity index (χ2n) is 6.57. The fourth-order valence-electron chi connectivity index (χ4n) is 2.65. The molecule has 0 atom stereocenters. The highest BCUT2D eigenvalue weighted by molar-refractivity contribution is 5.85. The molecule has 0 spiro atoms. The molecular formula is C21H25FN2O3.